The van der Waals surface area contributed by atoms with Crippen LogP contribution in [0, 0.1) is 22.7 Å². The van der Waals surface area contributed by atoms with Gasteiger partial charge in [-0.3, -0.25) is 4.79 Å². The number of carbonyl (C=O) groups is 1. The second kappa shape index (κ2) is 3.81. The van der Waals surface area contributed by atoms with Crippen molar-refractivity contribution in [3.63, 3.8) is 0 Å². The molecule has 0 N–H and O–H groups in total. The van der Waals surface area contributed by atoms with Gasteiger partial charge in [0.2, 0.25) is 0 Å². The van der Waals surface area contributed by atoms with Gasteiger partial charge in [-0.1, -0.05) is 0 Å². The van der Waals surface area contributed by atoms with Crippen LogP contribution in [0.1, 0.15) is 13.3 Å². The van der Waals surface area contributed by atoms with Gasteiger partial charge in [-0.05, 0) is 13.3 Å². The van der Waals surface area contributed by atoms with Crippen molar-refractivity contribution in [1.29, 1.82) is 5.26 Å². The molecule has 0 bridgehead atoms. The lowest BCUT2D eigenvalue weighted by atomic mass is 10.1. The van der Waals surface area contributed by atoms with Gasteiger partial charge < -0.3 is 4.74 Å². The second-order valence-electron chi connectivity index (χ2n) is 3.80. The third kappa shape index (κ3) is 2.48. The van der Waals surface area contributed by atoms with Crippen LogP contribution in [0.5, 0.6) is 0 Å². The predicted molar refractivity (Wildman–Crippen MR) is 52.5 cm³/mol. The Kier molecular flexibility index (Phi) is 3.05. The van der Waals surface area contributed by atoms with E-state index in [-0.39, 0.29) is 18.8 Å². The van der Waals surface area contributed by atoms with Crippen molar-refractivity contribution < 1.29 is 17.9 Å². The van der Waals surface area contributed by atoms with E-state index in [1.165, 1.54) is 0 Å². The summed E-state index contributed by atoms with van der Waals surface area (Å²) in [6.07, 6.45) is 1.38. The molecule has 0 saturated heterocycles. The monoisotopic (exact) mass is 231 g/mol. The van der Waals surface area contributed by atoms with Crippen molar-refractivity contribution in [1.82, 2.24) is 0 Å². The average Bonchev–Trinajstić information content (AvgIpc) is 2.77. The van der Waals surface area contributed by atoms with Gasteiger partial charge in [0.1, 0.15) is 9.84 Å². The van der Waals surface area contributed by atoms with Gasteiger partial charge in [-0.2, -0.15) is 5.26 Å². The highest BCUT2D eigenvalue weighted by Gasteiger charge is 2.63. The van der Waals surface area contributed by atoms with E-state index in [9.17, 15) is 13.2 Å². The lowest BCUT2D eigenvalue weighted by Gasteiger charge is -2.06. The molecule has 0 spiro atoms. The molecule has 1 fully saturated rings. The molecule has 0 unspecified atom stereocenters. The van der Waals surface area contributed by atoms with E-state index in [2.05, 4.69) is 0 Å². The van der Waals surface area contributed by atoms with E-state index in [0.29, 0.717) is 0 Å². The van der Waals surface area contributed by atoms with Gasteiger partial charge >= 0.3 is 5.97 Å². The summed E-state index contributed by atoms with van der Waals surface area (Å²) >= 11 is 0. The molecule has 0 radical (unpaired) electrons. The van der Waals surface area contributed by atoms with E-state index >= 15 is 0 Å². The zero-order valence-corrected chi connectivity index (χ0v) is 9.50. The van der Waals surface area contributed by atoms with Gasteiger partial charge in [-0.25, -0.2) is 8.42 Å². The summed E-state index contributed by atoms with van der Waals surface area (Å²) in [7, 11) is -3.15. The lowest BCUT2D eigenvalue weighted by molar-refractivity contribution is -0.147. The lowest BCUT2D eigenvalue weighted by Crippen LogP contribution is -2.22. The van der Waals surface area contributed by atoms with Crippen molar-refractivity contribution in [3.8, 4) is 6.07 Å². The fourth-order valence-corrected chi connectivity index (χ4v) is 2.72. The van der Waals surface area contributed by atoms with Crippen LogP contribution in [0.3, 0.4) is 0 Å². The summed E-state index contributed by atoms with van der Waals surface area (Å²) in [4.78, 5) is 11.4. The summed E-state index contributed by atoms with van der Waals surface area (Å²) in [5.41, 5.74) is -1.21. The molecular weight excluding hydrogens is 218 g/mol. The SMILES string of the molecule is CCOC(=O)[C@]1(C#N)C[C@@H]1CS(C)(=O)=O. The fourth-order valence-electron chi connectivity index (χ4n) is 1.59. The summed E-state index contributed by atoms with van der Waals surface area (Å²) in [5, 5.41) is 8.88. The average molecular weight is 231 g/mol. The van der Waals surface area contributed by atoms with Crippen LogP contribution in [-0.4, -0.2) is 33.0 Å². The van der Waals surface area contributed by atoms with Crippen LogP contribution in [0.4, 0.5) is 0 Å². The smallest absolute Gasteiger partial charge is 0.326 e. The van der Waals surface area contributed by atoms with E-state index in [1.807, 2.05) is 6.07 Å². The topological polar surface area (TPSA) is 84.2 Å². The van der Waals surface area contributed by atoms with Crippen LogP contribution in [0.2, 0.25) is 0 Å². The third-order valence-electron chi connectivity index (χ3n) is 2.45. The number of carbonyl (C=O) groups excluding carboxylic acids is 1. The Hall–Kier alpha value is -1.09. The first-order valence-corrected chi connectivity index (χ1v) is 6.68. The molecule has 0 aromatic rings. The molecule has 0 aromatic heterocycles. The van der Waals surface area contributed by atoms with E-state index in [4.69, 9.17) is 10.00 Å². The fraction of sp³-hybridized carbons (Fsp3) is 0.778. The highest BCUT2D eigenvalue weighted by Crippen LogP contribution is 2.53. The number of esters is 1. The van der Waals surface area contributed by atoms with E-state index in [0.717, 1.165) is 6.26 Å². The zero-order valence-electron chi connectivity index (χ0n) is 8.69. The number of hydrogen-bond donors (Lipinski definition) is 0. The standard InChI is InChI=1S/C9H13NO4S/c1-3-14-8(11)9(6-10)4-7(9)5-15(2,12)13/h7H,3-5H2,1-2H3/t7-,9+/m1/s1. The van der Waals surface area contributed by atoms with Gasteiger partial charge in [0.15, 0.2) is 5.41 Å². The first-order chi connectivity index (χ1) is 6.85. The minimum absolute atomic E-state index is 0.126. The largest absolute Gasteiger partial charge is 0.465 e. The number of ether oxygens (including phenoxy) is 1. The van der Waals surface area contributed by atoms with Crippen molar-refractivity contribution in [2.45, 2.75) is 13.3 Å². The van der Waals surface area contributed by atoms with E-state index in [1.54, 1.807) is 6.92 Å². The zero-order chi connectivity index (χ0) is 11.7. The number of nitrogens with zero attached hydrogens (tertiary/aromatic N) is 1. The van der Waals surface area contributed by atoms with Crippen LogP contribution in [0.15, 0.2) is 0 Å². The third-order valence-corrected chi connectivity index (χ3v) is 3.46. The summed E-state index contributed by atoms with van der Waals surface area (Å²) in [6.45, 7) is 1.85. The van der Waals surface area contributed by atoms with Gasteiger partial charge in [-0.15, -0.1) is 0 Å². The number of rotatable bonds is 4. The molecule has 0 aromatic carbocycles. The highest BCUT2D eigenvalue weighted by atomic mass is 32.2. The Morgan fingerprint density at radius 2 is 2.27 bits per heavy atom. The van der Waals surface area contributed by atoms with Crippen molar-refractivity contribution in [3.05, 3.63) is 0 Å². The molecule has 0 heterocycles. The van der Waals surface area contributed by atoms with Crippen LogP contribution < -0.4 is 0 Å². The molecule has 1 aliphatic rings. The minimum atomic E-state index is -3.15. The van der Waals surface area contributed by atoms with Gasteiger partial charge in [0.05, 0.1) is 18.4 Å². The number of nitriles is 1. The molecule has 0 amide bonds. The Balaban J connectivity index is 2.71. The molecule has 15 heavy (non-hydrogen) atoms. The summed E-state index contributed by atoms with van der Waals surface area (Å²) in [6, 6.07) is 1.87. The molecule has 1 aliphatic carbocycles. The van der Waals surface area contributed by atoms with Crippen LogP contribution in [0.25, 0.3) is 0 Å². The second-order valence-corrected chi connectivity index (χ2v) is 5.98. The van der Waals surface area contributed by atoms with Crippen molar-refractivity contribution in [2.24, 2.45) is 11.3 Å². The maximum Gasteiger partial charge on any atom is 0.326 e. The van der Waals surface area contributed by atoms with Crippen LogP contribution >= 0.6 is 0 Å². The number of sulfone groups is 1. The van der Waals surface area contributed by atoms with Crippen LogP contribution in [-0.2, 0) is 19.4 Å². The molecule has 84 valence electrons. The predicted octanol–water partition coefficient (Wildman–Crippen LogP) is 0.124. The Bertz CT molecular complexity index is 408. The minimum Gasteiger partial charge on any atom is -0.465 e. The van der Waals surface area contributed by atoms with Gasteiger partial charge in [0.25, 0.3) is 0 Å². The van der Waals surface area contributed by atoms with Gasteiger partial charge in [0, 0.05) is 12.2 Å². The summed E-state index contributed by atoms with van der Waals surface area (Å²) in [5.74, 6) is -1.13. The quantitative estimate of drug-likeness (QED) is 0.642. The first kappa shape index (κ1) is 12.0. The maximum absolute atomic E-state index is 11.4. The molecule has 0 aliphatic heterocycles. The Labute approximate surface area is 88.9 Å². The van der Waals surface area contributed by atoms with Crippen molar-refractivity contribution in [2.75, 3.05) is 18.6 Å². The Morgan fingerprint density at radius 1 is 1.67 bits per heavy atom. The Morgan fingerprint density at radius 3 is 2.67 bits per heavy atom. The molecular formula is C9H13NO4S. The van der Waals surface area contributed by atoms with Crippen molar-refractivity contribution >= 4 is 15.8 Å². The molecule has 1 rings (SSSR count). The molecule has 2 atom stereocenters. The molecule has 1 saturated carbocycles. The normalized spacial score (nSPS) is 29.3. The summed E-state index contributed by atoms with van der Waals surface area (Å²) < 4.78 is 26.8. The first-order valence-electron chi connectivity index (χ1n) is 4.62. The van der Waals surface area contributed by atoms with E-state index < -0.39 is 27.1 Å². The number of hydrogen-bond acceptors (Lipinski definition) is 5. The molecule has 5 nitrogen and oxygen atoms in total. The maximum atomic E-state index is 11.4. The molecule has 6 heteroatoms. The highest BCUT2D eigenvalue weighted by molar-refractivity contribution is 7.90.